The molecule has 1 amide bonds. The molecule has 1 saturated heterocycles. The molecule has 1 fully saturated rings. The second-order valence-electron chi connectivity index (χ2n) is 4.97. The van der Waals surface area contributed by atoms with E-state index >= 15 is 0 Å². The Morgan fingerprint density at radius 2 is 1.85 bits per heavy atom. The van der Waals surface area contributed by atoms with Gasteiger partial charge in [0, 0.05) is 31.2 Å². The van der Waals surface area contributed by atoms with Crippen molar-refractivity contribution in [1.82, 2.24) is 9.80 Å². The van der Waals surface area contributed by atoms with Crippen LogP contribution in [-0.2, 0) is 4.79 Å². The average molecular weight is 297 g/mol. The summed E-state index contributed by atoms with van der Waals surface area (Å²) in [6, 6.07) is 7.05. The summed E-state index contributed by atoms with van der Waals surface area (Å²) in [7, 11) is 0. The van der Waals surface area contributed by atoms with Crippen molar-refractivity contribution < 1.29 is 9.53 Å². The zero-order chi connectivity index (χ0) is 14.4. The van der Waals surface area contributed by atoms with Crippen LogP contribution < -0.4 is 4.74 Å². The number of carbonyl (C=O) groups excluding carboxylic acids is 1. The van der Waals surface area contributed by atoms with E-state index in [-0.39, 0.29) is 12.5 Å². The third kappa shape index (κ3) is 4.39. The van der Waals surface area contributed by atoms with Gasteiger partial charge in [0.05, 0.1) is 0 Å². The van der Waals surface area contributed by atoms with E-state index in [4.69, 9.17) is 16.3 Å². The normalized spacial score (nSPS) is 16.2. The minimum atomic E-state index is 0.0519. The van der Waals surface area contributed by atoms with Crippen LogP contribution in [-0.4, -0.2) is 55.0 Å². The van der Waals surface area contributed by atoms with Crippen molar-refractivity contribution in [2.24, 2.45) is 0 Å². The summed E-state index contributed by atoms with van der Waals surface area (Å²) in [5.74, 6) is 0.725. The Labute approximate surface area is 125 Å². The van der Waals surface area contributed by atoms with E-state index in [1.807, 2.05) is 4.90 Å². The first-order valence-electron chi connectivity index (χ1n) is 7.07. The number of hydrogen-bond donors (Lipinski definition) is 0. The smallest absolute Gasteiger partial charge is 0.260 e. The van der Waals surface area contributed by atoms with Gasteiger partial charge in [-0.2, -0.15) is 0 Å². The quantitative estimate of drug-likeness (QED) is 0.836. The van der Waals surface area contributed by atoms with Gasteiger partial charge in [-0.1, -0.05) is 18.5 Å². The molecule has 0 aliphatic carbocycles. The van der Waals surface area contributed by atoms with E-state index in [0.29, 0.717) is 10.8 Å². The number of hydrogen-bond acceptors (Lipinski definition) is 3. The van der Waals surface area contributed by atoms with Gasteiger partial charge in [0.1, 0.15) is 5.75 Å². The lowest BCUT2D eigenvalue weighted by atomic mass is 10.3. The van der Waals surface area contributed by atoms with Crippen molar-refractivity contribution in [3.63, 3.8) is 0 Å². The number of nitrogens with zero attached hydrogens (tertiary/aromatic N) is 2. The number of benzene rings is 1. The van der Waals surface area contributed by atoms with Gasteiger partial charge in [0.2, 0.25) is 0 Å². The zero-order valence-corrected chi connectivity index (χ0v) is 12.6. The molecule has 110 valence electrons. The number of ether oxygens (including phenoxy) is 1. The molecule has 0 spiro atoms. The third-order valence-electron chi connectivity index (χ3n) is 3.44. The van der Waals surface area contributed by atoms with Crippen LogP contribution in [0.1, 0.15) is 13.3 Å². The Morgan fingerprint density at radius 3 is 2.45 bits per heavy atom. The first kappa shape index (κ1) is 15.1. The van der Waals surface area contributed by atoms with Gasteiger partial charge < -0.3 is 9.64 Å². The van der Waals surface area contributed by atoms with Crippen LogP contribution in [0.25, 0.3) is 0 Å². The molecule has 0 aromatic heterocycles. The summed E-state index contributed by atoms with van der Waals surface area (Å²) in [6.07, 6.45) is 1.16. The van der Waals surface area contributed by atoms with E-state index < -0.39 is 0 Å². The second kappa shape index (κ2) is 7.50. The van der Waals surface area contributed by atoms with Crippen molar-refractivity contribution in [3.05, 3.63) is 29.3 Å². The van der Waals surface area contributed by atoms with Crippen LogP contribution in [0.5, 0.6) is 5.75 Å². The van der Waals surface area contributed by atoms with E-state index in [2.05, 4.69) is 11.8 Å². The fraction of sp³-hybridized carbons (Fsp3) is 0.533. The van der Waals surface area contributed by atoms with Crippen LogP contribution in [0.3, 0.4) is 0 Å². The van der Waals surface area contributed by atoms with Crippen molar-refractivity contribution in [1.29, 1.82) is 0 Å². The number of carbonyl (C=O) groups is 1. The van der Waals surface area contributed by atoms with Gasteiger partial charge in [-0.05, 0) is 37.2 Å². The highest BCUT2D eigenvalue weighted by Gasteiger charge is 2.20. The molecule has 0 N–H and O–H groups in total. The Kier molecular flexibility index (Phi) is 5.68. The second-order valence-corrected chi connectivity index (χ2v) is 5.40. The Bertz CT molecular complexity index is 428. The third-order valence-corrected chi connectivity index (χ3v) is 3.69. The SMILES string of the molecule is CCCN1CCN(C(=O)COc2ccc(Cl)cc2)CC1. The summed E-state index contributed by atoms with van der Waals surface area (Å²) in [5, 5.41) is 0.663. The van der Waals surface area contributed by atoms with E-state index in [9.17, 15) is 4.79 Å². The fourth-order valence-corrected chi connectivity index (χ4v) is 2.43. The predicted molar refractivity (Wildman–Crippen MR) is 80.3 cm³/mol. The molecule has 4 nitrogen and oxygen atoms in total. The molecule has 0 bridgehead atoms. The van der Waals surface area contributed by atoms with Crippen LogP contribution >= 0.6 is 11.6 Å². The van der Waals surface area contributed by atoms with Gasteiger partial charge in [0.15, 0.2) is 6.61 Å². The van der Waals surface area contributed by atoms with Crippen LogP contribution in [0.2, 0.25) is 5.02 Å². The monoisotopic (exact) mass is 296 g/mol. The minimum Gasteiger partial charge on any atom is -0.484 e. The van der Waals surface area contributed by atoms with Gasteiger partial charge in [0.25, 0.3) is 5.91 Å². The maximum absolute atomic E-state index is 12.1. The average Bonchev–Trinajstić information content (AvgIpc) is 2.47. The number of piperazine rings is 1. The van der Waals surface area contributed by atoms with E-state index in [1.165, 1.54) is 0 Å². The van der Waals surface area contributed by atoms with Gasteiger partial charge >= 0.3 is 0 Å². The molecule has 1 aliphatic heterocycles. The molecule has 2 rings (SSSR count). The maximum Gasteiger partial charge on any atom is 0.260 e. The molecule has 20 heavy (non-hydrogen) atoms. The minimum absolute atomic E-state index is 0.0519. The molecule has 0 radical (unpaired) electrons. The molecular weight excluding hydrogens is 276 g/mol. The highest BCUT2D eigenvalue weighted by Crippen LogP contribution is 2.15. The zero-order valence-electron chi connectivity index (χ0n) is 11.8. The highest BCUT2D eigenvalue weighted by atomic mass is 35.5. The predicted octanol–water partition coefficient (Wildman–Crippen LogP) is 2.27. The molecule has 0 atom stereocenters. The topological polar surface area (TPSA) is 32.8 Å². The van der Waals surface area contributed by atoms with E-state index in [1.54, 1.807) is 24.3 Å². The van der Waals surface area contributed by atoms with Crippen molar-refractivity contribution in [2.45, 2.75) is 13.3 Å². The number of amides is 1. The summed E-state index contributed by atoms with van der Waals surface area (Å²) in [5.41, 5.74) is 0. The van der Waals surface area contributed by atoms with Crippen LogP contribution in [0.4, 0.5) is 0 Å². The number of rotatable bonds is 5. The summed E-state index contributed by atoms with van der Waals surface area (Å²) < 4.78 is 5.49. The molecule has 5 heteroatoms. The first-order valence-corrected chi connectivity index (χ1v) is 7.45. The summed E-state index contributed by atoms with van der Waals surface area (Å²) >= 11 is 5.80. The largest absolute Gasteiger partial charge is 0.484 e. The molecule has 1 aliphatic rings. The lowest BCUT2D eigenvalue weighted by molar-refractivity contribution is -0.135. The van der Waals surface area contributed by atoms with E-state index in [0.717, 1.165) is 39.1 Å². The maximum atomic E-state index is 12.1. The van der Waals surface area contributed by atoms with Crippen molar-refractivity contribution in [2.75, 3.05) is 39.3 Å². The van der Waals surface area contributed by atoms with Gasteiger partial charge in [-0.15, -0.1) is 0 Å². The lowest BCUT2D eigenvalue weighted by Crippen LogP contribution is -2.50. The molecule has 1 heterocycles. The van der Waals surface area contributed by atoms with Crippen LogP contribution in [0.15, 0.2) is 24.3 Å². The van der Waals surface area contributed by atoms with Gasteiger partial charge in [-0.3, -0.25) is 9.69 Å². The molecular formula is C15H21ClN2O2. The molecule has 1 aromatic rings. The van der Waals surface area contributed by atoms with Crippen molar-refractivity contribution in [3.8, 4) is 5.75 Å². The lowest BCUT2D eigenvalue weighted by Gasteiger charge is -2.34. The summed E-state index contributed by atoms with van der Waals surface area (Å²) in [4.78, 5) is 16.3. The fourth-order valence-electron chi connectivity index (χ4n) is 2.30. The molecule has 0 unspecified atom stereocenters. The Balaban J connectivity index is 1.74. The standard InChI is InChI=1S/C15H21ClN2O2/c1-2-7-17-8-10-18(11-9-17)15(19)12-20-14-5-3-13(16)4-6-14/h3-6H,2,7-12H2,1H3. The van der Waals surface area contributed by atoms with Crippen LogP contribution in [0, 0.1) is 0 Å². The first-order chi connectivity index (χ1) is 9.69. The van der Waals surface area contributed by atoms with Gasteiger partial charge in [-0.25, -0.2) is 0 Å². The highest BCUT2D eigenvalue weighted by molar-refractivity contribution is 6.30. The molecule has 1 aromatic carbocycles. The number of halogens is 1. The Hall–Kier alpha value is -1.26. The molecule has 0 saturated carbocycles. The summed E-state index contributed by atoms with van der Waals surface area (Å²) in [6.45, 7) is 6.89. The Morgan fingerprint density at radius 1 is 1.20 bits per heavy atom. The van der Waals surface area contributed by atoms with Crippen molar-refractivity contribution >= 4 is 17.5 Å².